The normalized spacial score (nSPS) is 13.3. The summed E-state index contributed by atoms with van der Waals surface area (Å²) in [6.07, 6.45) is -0.284. The Kier molecular flexibility index (Phi) is 6.19. The number of aliphatic hydroxyl groups excluding tert-OH is 1. The monoisotopic (exact) mass is 236 g/mol. The second-order valence-electron chi connectivity index (χ2n) is 4.69. The quantitative estimate of drug-likeness (QED) is 0.776. The van der Waals surface area contributed by atoms with E-state index in [0.717, 1.165) is 19.6 Å². The number of rotatable bonds is 7. The average Bonchev–Trinajstić information content (AvgIpc) is 2.29. The van der Waals surface area contributed by atoms with Gasteiger partial charge in [0.1, 0.15) is 0 Å². The Bertz CT molecular complexity index is 302. The van der Waals surface area contributed by atoms with Crippen molar-refractivity contribution in [3.05, 3.63) is 35.9 Å². The smallest absolute Gasteiger partial charge is 0.0793 e. The van der Waals surface area contributed by atoms with Gasteiger partial charge < -0.3 is 10.0 Å². The largest absolute Gasteiger partial charge is 0.390 e. The molecule has 0 aliphatic carbocycles. The third-order valence-electron chi connectivity index (χ3n) is 2.88. The molecule has 17 heavy (non-hydrogen) atoms. The highest BCUT2D eigenvalue weighted by atomic mass is 16.3. The molecule has 1 rings (SSSR count). The minimum atomic E-state index is -0.284. The molecule has 0 saturated heterocycles. The molecule has 1 unspecified atom stereocenters. The standard InChI is InChI=1S/C14H24N2O/c1-4-15(2)11-14(17)12-16(3)10-13-8-6-5-7-9-13/h5-9,14,17H,4,10-12H2,1-3H3. The van der Waals surface area contributed by atoms with Gasteiger partial charge in [-0.15, -0.1) is 0 Å². The van der Waals surface area contributed by atoms with Crippen LogP contribution in [-0.4, -0.2) is 54.7 Å². The van der Waals surface area contributed by atoms with Crippen LogP contribution >= 0.6 is 0 Å². The van der Waals surface area contributed by atoms with Crippen molar-refractivity contribution in [1.82, 2.24) is 9.80 Å². The van der Waals surface area contributed by atoms with E-state index in [0.29, 0.717) is 6.54 Å². The van der Waals surface area contributed by atoms with E-state index in [1.54, 1.807) is 0 Å². The maximum Gasteiger partial charge on any atom is 0.0793 e. The number of hydrogen-bond donors (Lipinski definition) is 1. The first-order valence-corrected chi connectivity index (χ1v) is 6.21. The predicted octanol–water partition coefficient (Wildman–Crippen LogP) is 1.43. The van der Waals surface area contributed by atoms with Crippen molar-refractivity contribution < 1.29 is 5.11 Å². The SMILES string of the molecule is CCN(C)CC(O)CN(C)Cc1ccccc1. The van der Waals surface area contributed by atoms with Crippen molar-refractivity contribution in [3.63, 3.8) is 0 Å². The molecule has 0 fully saturated rings. The van der Waals surface area contributed by atoms with E-state index in [4.69, 9.17) is 0 Å². The van der Waals surface area contributed by atoms with Crippen molar-refractivity contribution in [1.29, 1.82) is 0 Å². The predicted molar refractivity (Wildman–Crippen MR) is 72.0 cm³/mol. The van der Waals surface area contributed by atoms with Gasteiger partial charge in [-0.1, -0.05) is 37.3 Å². The summed E-state index contributed by atoms with van der Waals surface area (Å²) in [6, 6.07) is 10.3. The van der Waals surface area contributed by atoms with Crippen LogP contribution in [0.5, 0.6) is 0 Å². The van der Waals surface area contributed by atoms with Crippen LogP contribution in [0, 0.1) is 0 Å². The van der Waals surface area contributed by atoms with Crippen LogP contribution in [0.1, 0.15) is 12.5 Å². The lowest BCUT2D eigenvalue weighted by Crippen LogP contribution is -2.37. The van der Waals surface area contributed by atoms with Gasteiger partial charge in [0.25, 0.3) is 0 Å². The fraction of sp³-hybridized carbons (Fsp3) is 0.571. The fourth-order valence-corrected chi connectivity index (χ4v) is 1.87. The van der Waals surface area contributed by atoms with Crippen LogP contribution in [-0.2, 0) is 6.54 Å². The molecule has 0 saturated carbocycles. The number of hydrogen-bond acceptors (Lipinski definition) is 3. The summed E-state index contributed by atoms with van der Waals surface area (Å²) >= 11 is 0. The molecule has 1 aromatic carbocycles. The van der Waals surface area contributed by atoms with Crippen LogP contribution in [0.2, 0.25) is 0 Å². The molecule has 3 nitrogen and oxygen atoms in total. The van der Waals surface area contributed by atoms with Crippen LogP contribution in [0.25, 0.3) is 0 Å². The molecular weight excluding hydrogens is 212 g/mol. The number of nitrogens with zero attached hydrogens (tertiary/aromatic N) is 2. The van der Waals surface area contributed by atoms with Gasteiger partial charge in [-0.3, -0.25) is 4.90 Å². The zero-order valence-corrected chi connectivity index (χ0v) is 11.1. The van der Waals surface area contributed by atoms with Crippen molar-refractivity contribution >= 4 is 0 Å². The minimum Gasteiger partial charge on any atom is -0.390 e. The van der Waals surface area contributed by atoms with Crippen LogP contribution in [0.4, 0.5) is 0 Å². The molecule has 1 N–H and O–H groups in total. The second kappa shape index (κ2) is 7.43. The summed E-state index contributed by atoms with van der Waals surface area (Å²) in [6.45, 7) is 5.39. The van der Waals surface area contributed by atoms with Gasteiger partial charge in [-0.2, -0.15) is 0 Å². The Balaban J connectivity index is 2.31. The van der Waals surface area contributed by atoms with Crippen LogP contribution < -0.4 is 0 Å². The number of aliphatic hydroxyl groups is 1. The lowest BCUT2D eigenvalue weighted by atomic mass is 10.2. The Morgan fingerprint density at radius 3 is 2.24 bits per heavy atom. The van der Waals surface area contributed by atoms with E-state index in [1.807, 2.05) is 32.3 Å². The molecule has 0 amide bonds. The van der Waals surface area contributed by atoms with Crippen molar-refractivity contribution in [2.24, 2.45) is 0 Å². The third kappa shape index (κ3) is 5.82. The summed E-state index contributed by atoms with van der Waals surface area (Å²) < 4.78 is 0. The van der Waals surface area contributed by atoms with Gasteiger partial charge in [-0.25, -0.2) is 0 Å². The maximum absolute atomic E-state index is 9.92. The van der Waals surface area contributed by atoms with E-state index in [-0.39, 0.29) is 6.10 Å². The highest BCUT2D eigenvalue weighted by Crippen LogP contribution is 2.03. The van der Waals surface area contributed by atoms with Gasteiger partial charge in [0, 0.05) is 19.6 Å². The lowest BCUT2D eigenvalue weighted by Gasteiger charge is -2.24. The zero-order chi connectivity index (χ0) is 12.7. The molecule has 0 aromatic heterocycles. The second-order valence-corrected chi connectivity index (χ2v) is 4.69. The molecule has 0 spiro atoms. The van der Waals surface area contributed by atoms with E-state index >= 15 is 0 Å². The number of benzene rings is 1. The van der Waals surface area contributed by atoms with Crippen molar-refractivity contribution in [2.45, 2.75) is 19.6 Å². The molecule has 0 aliphatic rings. The Morgan fingerprint density at radius 2 is 1.65 bits per heavy atom. The first-order chi connectivity index (χ1) is 8.11. The Morgan fingerprint density at radius 1 is 1.06 bits per heavy atom. The molecule has 1 atom stereocenters. The van der Waals surface area contributed by atoms with E-state index in [1.165, 1.54) is 5.56 Å². The van der Waals surface area contributed by atoms with E-state index in [9.17, 15) is 5.11 Å². The minimum absolute atomic E-state index is 0.284. The molecular formula is C14H24N2O. The molecule has 0 radical (unpaired) electrons. The van der Waals surface area contributed by atoms with Gasteiger partial charge in [-0.05, 0) is 26.2 Å². The average molecular weight is 236 g/mol. The van der Waals surface area contributed by atoms with E-state index < -0.39 is 0 Å². The first kappa shape index (κ1) is 14.2. The third-order valence-corrected chi connectivity index (χ3v) is 2.88. The molecule has 0 heterocycles. The number of likely N-dealkylation sites (N-methyl/N-ethyl adjacent to an activating group) is 2. The Labute approximate surface area is 105 Å². The Hall–Kier alpha value is -0.900. The molecule has 96 valence electrons. The van der Waals surface area contributed by atoms with Gasteiger partial charge in [0.15, 0.2) is 0 Å². The highest BCUT2D eigenvalue weighted by molar-refractivity contribution is 5.14. The van der Waals surface area contributed by atoms with Crippen LogP contribution in [0.3, 0.4) is 0 Å². The van der Waals surface area contributed by atoms with Crippen molar-refractivity contribution in [2.75, 3.05) is 33.7 Å². The molecule has 3 heteroatoms. The molecule has 0 aliphatic heterocycles. The highest BCUT2D eigenvalue weighted by Gasteiger charge is 2.10. The maximum atomic E-state index is 9.92. The summed E-state index contributed by atoms with van der Waals surface area (Å²) in [5, 5.41) is 9.92. The van der Waals surface area contributed by atoms with Gasteiger partial charge >= 0.3 is 0 Å². The molecule has 0 bridgehead atoms. The summed E-state index contributed by atoms with van der Waals surface area (Å²) in [5.74, 6) is 0. The fourth-order valence-electron chi connectivity index (χ4n) is 1.87. The summed E-state index contributed by atoms with van der Waals surface area (Å²) in [4.78, 5) is 4.28. The van der Waals surface area contributed by atoms with Crippen LogP contribution in [0.15, 0.2) is 30.3 Å². The summed E-state index contributed by atoms with van der Waals surface area (Å²) in [7, 11) is 4.07. The van der Waals surface area contributed by atoms with Crippen molar-refractivity contribution in [3.8, 4) is 0 Å². The molecule has 1 aromatic rings. The topological polar surface area (TPSA) is 26.7 Å². The van der Waals surface area contributed by atoms with Gasteiger partial charge in [0.05, 0.1) is 6.10 Å². The first-order valence-electron chi connectivity index (χ1n) is 6.21. The summed E-state index contributed by atoms with van der Waals surface area (Å²) in [5.41, 5.74) is 1.28. The van der Waals surface area contributed by atoms with E-state index in [2.05, 4.69) is 28.9 Å². The zero-order valence-electron chi connectivity index (χ0n) is 11.1. The van der Waals surface area contributed by atoms with Gasteiger partial charge in [0.2, 0.25) is 0 Å². The lowest BCUT2D eigenvalue weighted by molar-refractivity contribution is 0.0906.